The number of hydrogen-bond acceptors (Lipinski definition) is 1. The molecular weight excluding hydrogens is 263 g/mol. The van der Waals surface area contributed by atoms with Crippen molar-refractivity contribution in [3.8, 4) is 0 Å². The summed E-state index contributed by atoms with van der Waals surface area (Å²) in [6.07, 6.45) is 3.42. The molecule has 1 nitrogen and oxygen atoms in total. The summed E-state index contributed by atoms with van der Waals surface area (Å²) >= 11 is 8.75. The van der Waals surface area contributed by atoms with Gasteiger partial charge < -0.3 is 0 Å². The van der Waals surface area contributed by atoms with Crippen molar-refractivity contribution in [2.45, 2.75) is 12.8 Å². The lowest BCUT2D eigenvalue weighted by atomic mass is 10.1. The SMILES string of the molecule is O=C(Cl)C=C1CCc2ccc(Br)cc21. The van der Waals surface area contributed by atoms with Gasteiger partial charge in [0.2, 0.25) is 5.24 Å². The molecule has 3 heteroatoms. The van der Waals surface area contributed by atoms with Crippen LogP contribution < -0.4 is 0 Å². The van der Waals surface area contributed by atoms with Crippen molar-refractivity contribution in [1.82, 2.24) is 0 Å². The smallest absolute Gasteiger partial charge is 0.245 e. The van der Waals surface area contributed by atoms with E-state index in [1.165, 1.54) is 11.6 Å². The first kappa shape index (κ1) is 9.94. The molecule has 0 saturated heterocycles. The maximum atomic E-state index is 10.8. The number of halogens is 2. The summed E-state index contributed by atoms with van der Waals surface area (Å²) < 4.78 is 1.03. The van der Waals surface area contributed by atoms with Crippen LogP contribution in [0.3, 0.4) is 0 Å². The van der Waals surface area contributed by atoms with E-state index in [1.54, 1.807) is 0 Å². The topological polar surface area (TPSA) is 17.1 Å². The van der Waals surface area contributed by atoms with Gasteiger partial charge in [0.15, 0.2) is 0 Å². The molecule has 0 spiro atoms. The van der Waals surface area contributed by atoms with E-state index in [2.05, 4.69) is 22.0 Å². The fourth-order valence-corrected chi connectivity index (χ4v) is 2.25. The van der Waals surface area contributed by atoms with Crippen LogP contribution in [0.2, 0.25) is 0 Å². The third-order valence-corrected chi connectivity index (χ3v) is 2.97. The number of benzene rings is 1. The average Bonchev–Trinajstić information content (AvgIpc) is 2.47. The fourth-order valence-electron chi connectivity index (χ4n) is 1.76. The summed E-state index contributed by atoms with van der Waals surface area (Å²) in [6, 6.07) is 6.14. The average molecular weight is 272 g/mol. The van der Waals surface area contributed by atoms with Gasteiger partial charge in [0, 0.05) is 10.5 Å². The Kier molecular flexibility index (Phi) is 2.75. The number of carbonyl (C=O) groups excluding carboxylic acids is 1. The van der Waals surface area contributed by atoms with Crippen molar-refractivity contribution < 1.29 is 4.79 Å². The van der Waals surface area contributed by atoms with E-state index in [1.807, 2.05) is 12.1 Å². The molecule has 0 radical (unpaired) electrons. The number of rotatable bonds is 1. The molecule has 0 heterocycles. The van der Waals surface area contributed by atoms with E-state index in [0.29, 0.717) is 0 Å². The molecule has 0 aliphatic heterocycles. The monoisotopic (exact) mass is 270 g/mol. The predicted molar refractivity (Wildman–Crippen MR) is 61.3 cm³/mol. The van der Waals surface area contributed by atoms with Crippen LogP contribution in [0.4, 0.5) is 0 Å². The van der Waals surface area contributed by atoms with Crippen LogP contribution in [-0.4, -0.2) is 5.24 Å². The fraction of sp³-hybridized carbons (Fsp3) is 0.182. The standard InChI is InChI=1S/C11H8BrClO/c12-9-4-3-7-1-2-8(5-11(13)14)10(7)6-9/h3-6H,1-2H2. The van der Waals surface area contributed by atoms with Crippen molar-refractivity contribution in [2.24, 2.45) is 0 Å². The quantitative estimate of drug-likeness (QED) is 0.564. The molecule has 72 valence electrons. The molecule has 0 unspecified atom stereocenters. The number of fused-ring (bicyclic) bond motifs is 1. The Morgan fingerprint density at radius 2 is 2.21 bits per heavy atom. The molecule has 14 heavy (non-hydrogen) atoms. The Bertz CT molecular complexity index is 423. The summed E-state index contributed by atoms with van der Waals surface area (Å²) in [5.74, 6) is 0. The van der Waals surface area contributed by atoms with Gasteiger partial charge in [0.1, 0.15) is 0 Å². The van der Waals surface area contributed by atoms with Crippen molar-refractivity contribution >= 4 is 38.3 Å². The van der Waals surface area contributed by atoms with E-state index in [4.69, 9.17) is 11.6 Å². The Balaban J connectivity index is 2.48. The second kappa shape index (κ2) is 3.87. The Morgan fingerprint density at radius 3 is 2.93 bits per heavy atom. The van der Waals surface area contributed by atoms with Gasteiger partial charge in [-0.25, -0.2) is 0 Å². The molecule has 0 fully saturated rings. The third kappa shape index (κ3) is 1.91. The molecule has 1 aromatic carbocycles. The summed E-state index contributed by atoms with van der Waals surface area (Å²) in [6.45, 7) is 0. The van der Waals surface area contributed by atoms with Crippen LogP contribution in [0.5, 0.6) is 0 Å². The van der Waals surface area contributed by atoms with Gasteiger partial charge in [-0.1, -0.05) is 22.0 Å². The van der Waals surface area contributed by atoms with Gasteiger partial charge in [-0.15, -0.1) is 0 Å². The second-order valence-corrected chi connectivity index (χ2v) is 4.56. The second-order valence-electron chi connectivity index (χ2n) is 3.28. The molecule has 0 N–H and O–H groups in total. The van der Waals surface area contributed by atoms with Crippen LogP contribution in [0.15, 0.2) is 28.7 Å². The lowest BCUT2D eigenvalue weighted by molar-refractivity contribution is -0.107. The molecule has 1 aromatic rings. The zero-order valence-corrected chi connectivity index (χ0v) is 9.73. The van der Waals surface area contributed by atoms with E-state index in [0.717, 1.165) is 28.5 Å². The van der Waals surface area contributed by atoms with Gasteiger partial charge in [0.05, 0.1) is 0 Å². The van der Waals surface area contributed by atoms with E-state index < -0.39 is 5.24 Å². The molecule has 2 rings (SSSR count). The van der Waals surface area contributed by atoms with Gasteiger partial charge in [0.25, 0.3) is 0 Å². The molecule has 0 aromatic heterocycles. The largest absolute Gasteiger partial charge is 0.276 e. The Labute approximate surface area is 95.9 Å². The highest BCUT2D eigenvalue weighted by atomic mass is 79.9. The lowest BCUT2D eigenvalue weighted by Crippen LogP contribution is -1.83. The maximum absolute atomic E-state index is 10.8. The molecule has 0 saturated carbocycles. The predicted octanol–water partition coefficient (Wildman–Crippen LogP) is 3.54. The minimum atomic E-state index is -0.396. The number of hydrogen-bond donors (Lipinski definition) is 0. The normalized spacial score (nSPS) is 17.1. The van der Waals surface area contributed by atoms with Crippen LogP contribution in [0.1, 0.15) is 17.5 Å². The molecular formula is C11H8BrClO. The first-order valence-electron chi connectivity index (χ1n) is 4.35. The summed E-state index contributed by atoms with van der Waals surface area (Å²) in [7, 11) is 0. The van der Waals surface area contributed by atoms with Crippen molar-refractivity contribution in [1.29, 1.82) is 0 Å². The van der Waals surface area contributed by atoms with Crippen LogP contribution in [0, 0.1) is 0 Å². The third-order valence-electron chi connectivity index (χ3n) is 2.37. The minimum absolute atomic E-state index is 0.396. The maximum Gasteiger partial charge on any atom is 0.245 e. The first-order valence-corrected chi connectivity index (χ1v) is 5.53. The van der Waals surface area contributed by atoms with Crippen LogP contribution in [0.25, 0.3) is 5.57 Å². The number of allylic oxidation sites excluding steroid dienone is 2. The Hall–Kier alpha value is -0.600. The lowest BCUT2D eigenvalue weighted by Gasteiger charge is -2.00. The molecule has 0 bridgehead atoms. The zero-order valence-electron chi connectivity index (χ0n) is 7.39. The highest BCUT2D eigenvalue weighted by Gasteiger charge is 2.16. The van der Waals surface area contributed by atoms with E-state index >= 15 is 0 Å². The summed E-state index contributed by atoms with van der Waals surface area (Å²) in [5, 5.41) is -0.396. The highest BCUT2D eigenvalue weighted by Crippen LogP contribution is 2.34. The van der Waals surface area contributed by atoms with Crippen LogP contribution >= 0.6 is 27.5 Å². The van der Waals surface area contributed by atoms with Crippen molar-refractivity contribution in [2.75, 3.05) is 0 Å². The molecule has 0 amide bonds. The molecule has 0 atom stereocenters. The van der Waals surface area contributed by atoms with Gasteiger partial charge in [-0.05, 0) is 53.3 Å². The van der Waals surface area contributed by atoms with E-state index in [-0.39, 0.29) is 0 Å². The zero-order chi connectivity index (χ0) is 10.1. The van der Waals surface area contributed by atoms with E-state index in [9.17, 15) is 4.79 Å². The summed E-state index contributed by atoms with van der Waals surface area (Å²) in [5.41, 5.74) is 3.48. The minimum Gasteiger partial charge on any atom is -0.276 e. The summed E-state index contributed by atoms with van der Waals surface area (Å²) in [4.78, 5) is 10.8. The van der Waals surface area contributed by atoms with Gasteiger partial charge in [-0.3, -0.25) is 4.79 Å². The molecule has 1 aliphatic carbocycles. The van der Waals surface area contributed by atoms with Gasteiger partial charge >= 0.3 is 0 Å². The van der Waals surface area contributed by atoms with Crippen molar-refractivity contribution in [3.05, 3.63) is 39.9 Å². The first-order chi connectivity index (χ1) is 6.66. The Morgan fingerprint density at radius 1 is 1.43 bits per heavy atom. The number of carbonyl (C=O) groups is 1. The highest BCUT2D eigenvalue weighted by molar-refractivity contribution is 9.10. The molecule has 1 aliphatic rings. The number of aryl methyl sites for hydroxylation is 1. The van der Waals surface area contributed by atoms with Crippen LogP contribution in [-0.2, 0) is 11.2 Å². The van der Waals surface area contributed by atoms with Crippen molar-refractivity contribution in [3.63, 3.8) is 0 Å². The van der Waals surface area contributed by atoms with Gasteiger partial charge in [-0.2, -0.15) is 0 Å².